The molecule has 0 fully saturated rings. The third-order valence-corrected chi connectivity index (χ3v) is 3.60. The Labute approximate surface area is 130 Å². The van der Waals surface area contributed by atoms with Crippen LogP contribution in [0, 0.1) is 0 Å². The summed E-state index contributed by atoms with van der Waals surface area (Å²) in [7, 11) is 0. The molecule has 0 aliphatic carbocycles. The van der Waals surface area contributed by atoms with Gasteiger partial charge in [-0.2, -0.15) is 0 Å². The second kappa shape index (κ2) is 7.14. The van der Waals surface area contributed by atoms with E-state index in [-0.39, 0.29) is 11.9 Å². The van der Waals surface area contributed by atoms with Crippen LogP contribution in [0.25, 0.3) is 0 Å². The number of benzene rings is 2. The minimum atomic E-state index is -0.152. The molecule has 21 heavy (non-hydrogen) atoms. The molecule has 0 saturated carbocycles. The van der Waals surface area contributed by atoms with Crippen molar-refractivity contribution < 1.29 is 4.79 Å². The van der Waals surface area contributed by atoms with Gasteiger partial charge in [-0.1, -0.05) is 41.9 Å². The lowest BCUT2D eigenvalue weighted by Crippen LogP contribution is -2.27. The quantitative estimate of drug-likeness (QED) is 0.866. The van der Waals surface area contributed by atoms with Crippen LogP contribution in [-0.4, -0.2) is 12.5 Å². The molecule has 0 aliphatic rings. The third-order valence-electron chi connectivity index (χ3n) is 3.26. The fourth-order valence-corrected chi connectivity index (χ4v) is 2.50. The molecule has 3 nitrogen and oxygen atoms in total. The van der Waals surface area contributed by atoms with E-state index in [0.717, 1.165) is 17.8 Å². The molecule has 0 heterocycles. The molecule has 0 aliphatic heterocycles. The lowest BCUT2D eigenvalue weighted by Gasteiger charge is -2.17. The number of halogens is 1. The molecule has 0 saturated heterocycles. The number of hydrogen-bond acceptors (Lipinski definition) is 2. The maximum Gasteiger partial charge on any atom is 0.253 e. The van der Waals surface area contributed by atoms with E-state index in [1.165, 1.54) is 0 Å². The summed E-state index contributed by atoms with van der Waals surface area (Å²) in [6.07, 6.45) is 0. The highest BCUT2D eigenvalue weighted by atomic mass is 35.5. The van der Waals surface area contributed by atoms with Crippen LogP contribution in [0.3, 0.4) is 0 Å². The van der Waals surface area contributed by atoms with E-state index in [2.05, 4.69) is 10.6 Å². The van der Waals surface area contributed by atoms with E-state index < -0.39 is 0 Å². The molecule has 0 spiro atoms. The zero-order valence-corrected chi connectivity index (χ0v) is 12.9. The van der Waals surface area contributed by atoms with E-state index in [9.17, 15) is 4.79 Å². The van der Waals surface area contributed by atoms with Crippen LogP contribution in [0.5, 0.6) is 0 Å². The zero-order chi connectivity index (χ0) is 15.2. The molecule has 2 aromatic rings. The highest BCUT2D eigenvalue weighted by Crippen LogP contribution is 2.23. The van der Waals surface area contributed by atoms with Gasteiger partial charge in [0.15, 0.2) is 0 Å². The number of anilines is 1. The van der Waals surface area contributed by atoms with Gasteiger partial charge in [0.1, 0.15) is 0 Å². The summed E-state index contributed by atoms with van der Waals surface area (Å²) in [4.78, 5) is 12.4. The van der Waals surface area contributed by atoms with E-state index in [4.69, 9.17) is 11.6 Å². The molecule has 2 aromatic carbocycles. The Morgan fingerprint density at radius 1 is 1.14 bits per heavy atom. The molecule has 2 N–H and O–H groups in total. The summed E-state index contributed by atoms with van der Waals surface area (Å²) in [5, 5.41) is 6.84. The predicted molar refractivity (Wildman–Crippen MR) is 87.9 cm³/mol. The van der Waals surface area contributed by atoms with Gasteiger partial charge in [-0.15, -0.1) is 0 Å². The van der Waals surface area contributed by atoms with Crippen LogP contribution in [0.2, 0.25) is 5.02 Å². The predicted octanol–water partition coefficient (Wildman–Crippen LogP) is 4.26. The summed E-state index contributed by atoms with van der Waals surface area (Å²) in [5.74, 6) is -0.112. The zero-order valence-electron chi connectivity index (χ0n) is 12.2. The Hall–Kier alpha value is -2.00. The highest BCUT2D eigenvalue weighted by Gasteiger charge is 2.15. The first kappa shape index (κ1) is 15.4. The fraction of sp³-hybridized carbons (Fsp3) is 0.235. The van der Waals surface area contributed by atoms with Crippen LogP contribution in [0.4, 0.5) is 5.69 Å². The minimum absolute atomic E-state index is 0.112. The van der Waals surface area contributed by atoms with Gasteiger partial charge in [-0.05, 0) is 37.6 Å². The maximum atomic E-state index is 12.4. The molecular weight excluding hydrogens is 284 g/mol. The van der Waals surface area contributed by atoms with Gasteiger partial charge in [-0.3, -0.25) is 4.79 Å². The van der Waals surface area contributed by atoms with Gasteiger partial charge < -0.3 is 10.6 Å². The molecule has 0 bridgehead atoms. The Morgan fingerprint density at radius 3 is 2.52 bits per heavy atom. The molecule has 0 radical (unpaired) electrons. The number of rotatable bonds is 5. The average Bonchev–Trinajstić information content (AvgIpc) is 2.48. The van der Waals surface area contributed by atoms with E-state index >= 15 is 0 Å². The van der Waals surface area contributed by atoms with Gasteiger partial charge in [0.25, 0.3) is 5.91 Å². The van der Waals surface area contributed by atoms with Gasteiger partial charge in [0.05, 0.1) is 11.6 Å². The minimum Gasteiger partial charge on any atom is -0.385 e. The number of amides is 1. The first-order chi connectivity index (χ1) is 10.1. The smallest absolute Gasteiger partial charge is 0.253 e. The van der Waals surface area contributed by atoms with Crippen LogP contribution < -0.4 is 10.6 Å². The molecule has 4 heteroatoms. The topological polar surface area (TPSA) is 41.1 Å². The molecular formula is C17H19ClN2O. The number of para-hydroxylation sites is 1. The molecule has 0 aromatic heterocycles. The normalized spacial score (nSPS) is 11.8. The van der Waals surface area contributed by atoms with E-state index in [0.29, 0.717) is 10.6 Å². The van der Waals surface area contributed by atoms with Gasteiger partial charge >= 0.3 is 0 Å². The van der Waals surface area contributed by atoms with Crippen molar-refractivity contribution in [2.24, 2.45) is 0 Å². The molecule has 1 atom stereocenters. The van der Waals surface area contributed by atoms with Crippen molar-refractivity contribution in [2.45, 2.75) is 19.9 Å². The second-order valence-electron chi connectivity index (χ2n) is 4.79. The number of carbonyl (C=O) groups excluding carboxylic acids is 1. The van der Waals surface area contributed by atoms with Gasteiger partial charge in [-0.25, -0.2) is 0 Å². The van der Waals surface area contributed by atoms with Crippen LogP contribution in [0.15, 0.2) is 48.5 Å². The average molecular weight is 303 g/mol. The molecule has 1 amide bonds. The third kappa shape index (κ3) is 3.76. The van der Waals surface area contributed by atoms with Crippen molar-refractivity contribution in [3.05, 3.63) is 64.7 Å². The Kier molecular flexibility index (Phi) is 5.23. The number of nitrogens with one attached hydrogen (secondary N) is 2. The molecule has 2 rings (SSSR count). The number of carbonyl (C=O) groups is 1. The summed E-state index contributed by atoms with van der Waals surface area (Å²) < 4.78 is 0. The molecule has 110 valence electrons. The number of hydrogen-bond donors (Lipinski definition) is 2. The largest absolute Gasteiger partial charge is 0.385 e. The highest BCUT2D eigenvalue weighted by molar-refractivity contribution is 6.31. The van der Waals surface area contributed by atoms with Crippen LogP contribution >= 0.6 is 11.6 Å². The summed E-state index contributed by atoms with van der Waals surface area (Å²) in [6, 6.07) is 14.9. The first-order valence-corrected chi connectivity index (χ1v) is 7.39. The van der Waals surface area contributed by atoms with Gasteiger partial charge in [0.2, 0.25) is 0 Å². The lowest BCUT2D eigenvalue weighted by atomic mass is 10.1. The standard InChI is InChI=1S/C17H19ClN2O/c1-3-19-16-11-7-5-9-14(16)17(21)20-12(2)13-8-4-6-10-15(13)18/h4-12,19H,3H2,1-2H3,(H,20,21)/t12-/m0/s1. The van der Waals surface area contributed by atoms with Crippen molar-refractivity contribution >= 4 is 23.2 Å². The van der Waals surface area contributed by atoms with Crippen molar-refractivity contribution in [1.82, 2.24) is 5.32 Å². The van der Waals surface area contributed by atoms with Crippen molar-refractivity contribution in [2.75, 3.05) is 11.9 Å². The van der Waals surface area contributed by atoms with E-state index in [1.807, 2.05) is 62.4 Å². The first-order valence-electron chi connectivity index (χ1n) is 7.01. The lowest BCUT2D eigenvalue weighted by molar-refractivity contribution is 0.0940. The van der Waals surface area contributed by atoms with Crippen LogP contribution in [-0.2, 0) is 0 Å². The molecule has 0 unspecified atom stereocenters. The second-order valence-corrected chi connectivity index (χ2v) is 5.20. The summed E-state index contributed by atoms with van der Waals surface area (Å²) >= 11 is 6.17. The Balaban J connectivity index is 2.17. The SMILES string of the molecule is CCNc1ccccc1C(=O)N[C@@H](C)c1ccccc1Cl. The van der Waals surface area contributed by atoms with Crippen molar-refractivity contribution in [1.29, 1.82) is 0 Å². The summed E-state index contributed by atoms with van der Waals surface area (Å²) in [5.41, 5.74) is 2.38. The maximum absolute atomic E-state index is 12.4. The van der Waals surface area contributed by atoms with Gasteiger partial charge in [0, 0.05) is 17.3 Å². The van der Waals surface area contributed by atoms with Crippen LogP contribution in [0.1, 0.15) is 35.8 Å². The van der Waals surface area contributed by atoms with E-state index in [1.54, 1.807) is 0 Å². The fourth-order valence-electron chi connectivity index (χ4n) is 2.20. The summed E-state index contributed by atoms with van der Waals surface area (Å²) in [6.45, 7) is 4.69. The monoisotopic (exact) mass is 302 g/mol. The van der Waals surface area contributed by atoms with Crippen molar-refractivity contribution in [3.63, 3.8) is 0 Å². The Bertz CT molecular complexity index is 628. The Morgan fingerprint density at radius 2 is 1.81 bits per heavy atom. The van der Waals surface area contributed by atoms with Crippen molar-refractivity contribution in [3.8, 4) is 0 Å².